The van der Waals surface area contributed by atoms with Crippen molar-refractivity contribution in [3.05, 3.63) is 28.8 Å². The van der Waals surface area contributed by atoms with Crippen molar-refractivity contribution in [3.63, 3.8) is 0 Å². The van der Waals surface area contributed by atoms with Gasteiger partial charge in [-0.15, -0.1) is 0 Å². The van der Waals surface area contributed by atoms with E-state index in [1.54, 1.807) is 25.3 Å². The monoisotopic (exact) mass is 273 g/mol. The van der Waals surface area contributed by atoms with Crippen LogP contribution in [0.3, 0.4) is 0 Å². The molecule has 0 N–H and O–H groups in total. The van der Waals surface area contributed by atoms with Gasteiger partial charge in [0.1, 0.15) is 21.9 Å². The van der Waals surface area contributed by atoms with Crippen molar-refractivity contribution in [1.29, 1.82) is 0 Å². The van der Waals surface area contributed by atoms with Crippen LogP contribution in [0.15, 0.2) is 22.6 Å². The highest BCUT2D eigenvalue weighted by Gasteiger charge is 2.25. The molecule has 0 aliphatic carbocycles. The number of hydrogen-bond donors (Lipinski definition) is 0. The maximum absolute atomic E-state index is 11.8. The molecule has 17 heavy (non-hydrogen) atoms. The van der Waals surface area contributed by atoms with Gasteiger partial charge in [-0.3, -0.25) is 0 Å². The average Bonchev–Trinajstić information content (AvgIpc) is 2.24. The van der Waals surface area contributed by atoms with Crippen molar-refractivity contribution in [2.75, 3.05) is 7.11 Å². The van der Waals surface area contributed by atoms with Gasteiger partial charge in [0.05, 0.1) is 13.3 Å². The summed E-state index contributed by atoms with van der Waals surface area (Å²) in [6, 6.07) is 5.21. The van der Waals surface area contributed by atoms with Gasteiger partial charge in [0, 0.05) is 10.6 Å². The molecule has 1 atom stereocenters. The summed E-state index contributed by atoms with van der Waals surface area (Å²) < 4.78 is 20.6. The maximum atomic E-state index is 11.8. The Morgan fingerprint density at radius 3 is 2.59 bits per heavy atom. The SMILES string of the molecule is COc1ccc(Cl)cc1C=N[S+]([O-])C(C)(C)C. The van der Waals surface area contributed by atoms with Crippen molar-refractivity contribution in [1.82, 2.24) is 0 Å². The predicted octanol–water partition coefficient (Wildman–Crippen LogP) is 3.23. The minimum Gasteiger partial charge on any atom is -0.591 e. The van der Waals surface area contributed by atoms with Gasteiger partial charge < -0.3 is 9.29 Å². The van der Waals surface area contributed by atoms with E-state index in [1.165, 1.54) is 6.21 Å². The van der Waals surface area contributed by atoms with Gasteiger partial charge in [0.25, 0.3) is 0 Å². The van der Waals surface area contributed by atoms with Crippen molar-refractivity contribution < 1.29 is 9.29 Å². The first-order valence-electron chi connectivity index (χ1n) is 5.14. The molecule has 0 aliphatic heterocycles. The average molecular weight is 274 g/mol. The lowest BCUT2D eigenvalue weighted by Gasteiger charge is -2.17. The number of benzene rings is 1. The second-order valence-electron chi connectivity index (χ2n) is 4.48. The van der Waals surface area contributed by atoms with Crippen LogP contribution in [0.25, 0.3) is 0 Å². The van der Waals surface area contributed by atoms with E-state index >= 15 is 0 Å². The lowest BCUT2D eigenvalue weighted by molar-refractivity contribution is 0.414. The quantitative estimate of drug-likeness (QED) is 0.627. The highest BCUT2D eigenvalue weighted by molar-refractivity contribution is 7.91. The van der Waals surface area contributed by atoms with E-state index in [0.717, 1.165) is 5.56 Å². The molecular formula is C12H16ClNO2S. The Morgan fingerprint density at radius 2 is 2.06 bits per heavy atom. The smallest absolute Gasteiger partial charge is 0.144 e. The minimum absolute atomic E-state index is 0.373. The van der Waals surface area contributed by atoms with Gasteiger partial charge in [-0.1, -0.05) is 16.0 Å². The molecule has 5 heteroatoms. The fourth-order valence-corrected chi connectivity index (χ4v) is 1.77. The van der Waals surface area contributed by atoms with E-state index < -0.39 is 11.4 Å². The van der Waals surface area contributed by atoms with Crippen LogP contribution in [0, 0.1) is 0 Å². The first-order valence-corrected chi connectivity index (χ1v) is 6.62. The molecule has 1 unspecified atom stereocenters. The molecule has 1 rings (SSSR count). The Labute approximate surface area is 110 Å². The fourth-order valence-electron chi connectivity index (χ4n) is 1.07. The van der Waals surface area contributed by atoms with Crippen molar-refractivity contribution in [2.45, 2.75) is 25.5 Å². The summed E-state index contributed by atoms with van der Waals surface area (Å²) in [4.78, 5) is 0. The van der Waals surface area contributed by atoms with Crippen LogP contribution in [-0.4, -0.2) is 22.6 Å². The van der Waals surface area contributed by atoms with Gasteiger partial charge in [-0.25, -0.2) is 0 Å². The van der Waals surface area contributed by atoms with E-state index in [1.807, 2.05) is 20.8 Å². The Morgan fingerprint density at radius 1 is 1.41 bits per heavy atom. The number of ether oxygens (including phenoxy) is 1. The van der Waals surface area contributed by atoms with Crippen LogP contribution in [0.5, 0.6) is 5.75 Å². The van der Waals surface area contributed by atoms with Crippen LogP contribution in [0.2, 0.25) is 5.02 Å². The van der Waals surface area contributed by atoms with Crippen LogP contribution < -0.4 is 4.74 Å². The normalized spacial score (nSPS) is 14.0. The molecule has 1 aromatic rings. The lowest BCUT2D eigenvalue weighted by atomic mass is 10.2. The van der Waals surface area contributed by atoms with Gasteiger partial charge in [-0.05, 0) is 39.0 Å². The van der Waals surface area contributed by atoms with Crippen molar-refractivity contribution in [3.8, 4) is 5.75 Å². The molecule has 0 heterocycles. The molecule has 0 saturated heterocycles. The zero-order chi connectivity index (χ0) is 13.1. The van der Waals surface area contributed by atoms with Crippen molar-refractivity contribution >= 4 is 29.2 Å². The van der Waals surface area contributed by atoms with Crippen LogP contribution >= 0.6 is 11.6 Å². The summed E-state index contributed by atoms with van der Waals surface area (Å²) in [5.74, 6) is 0.657. The summed E-state index contributed by atoms with van der Waals surface area (Å²) >= 11 is 4.60. The van der Waals surface area contributed by atoms with Crippen LogP contribution in [0.1, 0.15) is 26.3 Å². The van der Waals surface area contributed by atoms with Gasteiger partial charge in [0.15, 0.2) is 0 Å². The van der Waals surface area contributed by atoms with Gasteiger partial charge >= 0.3 is 0 Å². The summed E-state index contributed by atoms with van der Waals surface area (Å²) in [6.45, 7) is 5.61. The van der Waals surface area contributed by atoms with E-state index in [2.05, 4.69) is 4.40 Å². The second kappa shape index (κ2) is 5.76. The first-order chi connectivity index (χ1) is 7.84. The lowest BCUT2D eigenvalue weighted by Crippen LogP contribution is -2.25. The van der Waals surface area contributed by atoms with E-state index in [0.29, 0.717) is 10.8 Å². The standard InChI is InChI=1S/C12H16ClNO2S/c1-12(2,3)17(15)14-8-9-7-10(13)5-6-11(9)16-4/h5-8H,1-4H3. The largest absolute Gasteiger partial charge is 0.591 e. The Kier molecular flexibility index (Phi) is 4.86. The molecule has 0 radical (unpaired) electrons. The maximum Gasteiger partial charge on any atom is 0.144 e. The number of halogens is 1. The summed E-state index contributed by atoms with van der Waals surface area (Å²) in [7, 11) is 1.57. The third-order valence-electron chi connectivity index (χ3n) is 2.00. The Hall–Kier alpha value is -0.710. The number of rotatable bonds is 3. The fraction of sp³-hybridized carbons (Fsp3) is 0.417. The molecule has 0 aromatic heterocycles. The zero-order valence-electron chi connectivity index (χ0n) is 10.4. The molecule has 0 aliphatic rings. The van der Waals surface area contributed by atoms with Crippen LogP contribution in [-0.2, 0) is 11.4 Å². The van der Waals surface area contributed by atoms with Crippen LogP contribution in [0.4, 0.5) is 0 Å². The van der Waals surface area contributed by atoms with Gasteiger partial charge in [-0.2, -0.15) is 0 Å². The molecule has 0 spiro atoms. The van der Waals surface area contributed by atoms with E-state index in [-0.39, 0.29) is 4.75 Å². The zero-order valence-corrected chi connectivity index (χ0v) is 11.9. The predicted molar refractivity (Wildman–Crippen MR) is 73.5 cm³/mol. The highest BCUT2D eigenvalue weighted by atomic mass is 35.5. The highest BCUT2D eigenvalue weighted by Crippen LogP contribution is 2.22. The molecule has 3 nitrogen and oxygen atoms in total. The van der Waals surface area contributed by atoms with E-state index in [9.17, 15) is 4.55 Å². The van der Waals surface area contributed by atoms with Gasteiger partial charge in [0.2, 0.25) is 0 Å². The molecule has 94 valence electrons. The third kappa shape index (κ3) is 4.22. The first kappa shape index (κ1) is 14.4. The number of hydrogen-bond acceptors (Lipinski definition) is 3. The molecule has 0 fully saturated rings. The minimum atomic E-state index is -1.28. The summed E-state index contributed by atoms with van der Waals surface area (Å²) in [5.41, 5.74) is 0.720. The Bertz CT molecular complexity index is 415. The number of methoxy groups -OCH3 is 1. The Balaban J connectivity index is 2.94. The number of nitrogens with zero attached hydrogens (tertiary/aromatic N) is 1. The molecular weight excluding hydrogens is 258 g/mol. The topological polar surface area (TPSA) is 44.6 Å². The molecule has 0 saturated carbocycles. The summed E-state index contributed by atoms with van der Waals surface area (Å²) in [5, 5.41) is 0.591. The van der Waals surface area contributed by atoms with E-state index in [4.69, 9.17) is 16.3 Å². The second-order valence-corrected chi connectivity index (χ2v) is 6.85. The third-order valence-corrected chi connectivity index (χ3v) is 3.58. The molecule has 1 aromatic carbocycles. The van der Waals surface area contributed by atoms with Crippen molar-refractivity contribution in [2.24, 2.45) is 4.40 Å². The molecule has 0 amide bonds. The molecule has 0 bridgehead atoms. The summed E-state index contributed by atoms with van der Waals surface area (Å²) in [6.07, 6.45) is 1.53.